The van der Waals surface area contributed by atoms with Crippen LogP contribution in [0.25, 0.3) is 0 Å². The molecule has 0 bridgehead atoms. The molecule has 2 rings (SSSR count). The molecule has 0 amide bonds. The topological polar surface area (TPSA) is 42.7 Å². The zero-order valence-corrected chi connectivity index (χ0v) is 8.25. The summed E-state index contributed by atoms with van der Waals surface area (Å²) in [6, 6.07) is 0.574. The Hall–Kier alpha value is -0.900. The number of aryl methyl sites for hydroxylation is 2. The number of rotatable bonds is 2. The Morgan fingerprint density at radius 2 is 2.38 bits per heavy atom. The zero-order chi connectivity index (χ0) is 9.26. The second kappa shape index (κ2) is 3.46. The summed E-state index contributed by atoms with van der Waals surface area (Å²) in [6.07, 6.45) is 2.17. The summed E-state index contributed by atoms with van der Waals surface area (Å²) in [5.41, 5.74) is 0. The van der Waals surface area contributed by atoms with Crippen LogP contribution in [0.2, 0.25) is 0 Å². The van der Waals surface area contributed by atoms with Gasteiger partial charge >= 0.3 is 0 Å². The lowest BCUT2D eigenvalue weighted by atomic mass is 10.2. The third-order valence-corrected chi connectivity index (χ3v) is 2.65. The Morgan fingerprint density at radius 1 is 1.54 bits per heavy atom. The normalized spacial score (nSPS) is 22.5. The van der Waals surface area contributed by atoms with E-state index < -0.39 is 0 Å². The number of hydrogen-bond donors (Lipinski definition) is 1. The van der Waals surface area contributed by atoms with Crippen molar-refractivity contribution in [3.8, 4) is 0 Å². The van der Waals surface area contributed by atoms with Gasteiger partial charge in [0.25, 0.3) is 0 Å². The molecule has 1 N–H and O–H groups in total. The highest BCUT2D eigenvalue weighted by molar-refractivity contribution is 4.98. The summed E-state index contributed by atoms with van der Waals surface area (Å²) in [7, 11) is 0. The van der Waals surface area contributed by atoms with Crippen LogP contribution in [0.1, 0.15) is 31.0 Å². The Bertz CT molecular complexity index is 286. The van der Waals surface area contributed by atoms with Gasteiger partial charge in [0.15, 0.2) is 0 Å². The lowest BCUT2D eigenvalue weighted by Gasteiger charge is -2.14. The van der Waals surface area contributed by atoms with Crippen LogP contribution in [0, 0.1) is 6.92 Å². The van der Waals surface area contributed by atoms with Crippen molar-refractivity contribution < 1.29 is 0 Å². The molecule has 0 aromatic carbocycles. The third kappa shape index (κ3) is 1.46. The molecule has 4 nitrogen and oxygen atoms in total. The molecule has 13 heavy (non-hydrogen) atoms. The van der Waals surface area contributed by atoms with Crippen LogP contribution in [0.4, 0.5) is 0 Å². The van der Waals surface area contributed by atoms with Gasteiger partial charge in [-0.3, -0.25) is 0 Å². The minimum atomic E-state index is 0.574. The molecule has 1 aromatic rings. The molecule has 1 aromatic heterocycles. The molecule has 4 heteroatoms. The van der Waals surface area contributed by atoms with Crippen molar-refractivity contribution in [3.63, 3.8) is 0 Å². The maximum absolute atomic E-state index is 4.16. The summed E-state index contributed by atoms with van der Waals surface area (Å²) in [5.74, 6) is 2.16. The zero-order valence-electron chi connectivity index (χ0n) is 8.25. The van der Waals surface area contributed by atoms with Crippen molar-refractivity contribution in [1.82, 2.24) is 20.1 Å². The summed E-state index contributed by atoms with van der Waals surface area (Å²) in [5, 5.41) is 11.6. The average molecular weight is 180 g/mol. The van der Waals surface area contributed by atoms with Gasteiger partial charge in [-0.1, -0.05) is 6.92 Å². The fraction of sp³-hybridized carbons (Fsp3) is 0.778. The predicted molar refractivity (Wildman–Crippen MR) is 50.7 cm³/mol. The van der Waals surface area contributed by atoms with E-state index in [1.165, 1.54) is 6.42 Å². The molecule has 1 aliphatic rings. The highest BCUT2D eigenvalue weighted by atomic mass is 15.3. The van der Waals surface area contributed by atoms with Crippen molar-refractivity contribution in [1.29, 1.82) is 0 Å². The third-order valence-electron chi connectivity index (χ3n) is 2.65. The van der Waals surface area contributed by atoms with Gasteiger partial charge in [0, 0.05) is 13.0 Å². The van der Waals surface area contributed by atoms with Gasteiger partial charge in [-0.15, -0.1) is 10.2 Å². The first-order valence-electron chi connectivity index (χ1n) is 4.94. The van der Waals surface area contributed by atoms with E-state index in [9.17, 15) is 0 Å². The first-order chi connectivity index (χ1) is 6.33. The maximum Gasteiger partial charge on any atom is 0.133 e. The van der Waals surface area contributed by atoms with E-state index in [-0.39, 0.29) is 0 Å². The second-order valence-corrected chi connectivity index (χ2v) is 3.53. The highest BCUT2D eigenvalue weighted by Crippen LogP contribution is 2.18. The molecule has 0 aliphatic carbocycles. The van der Waals surface area contributed by atoms with E-state index in [0.717, 1.165) is 31.2 Å². The molecular formula is C9H16N4. The van der Waals surface area contributed by atoms with Crippen LogP contribution in [0.15, 0.2) is 0 Å². The SMILES string of the molecule is CCc1nnc(C)n1C1CCNC1. The van der Waals surface area contributed by atoms with Crippen LogP contribution in [-0.2, 0) is 6.42 Å². The van der Waals surface area contributed by atoms with E-state index in [1.54, 1.807) is 0 Å². The van der Waals surface area contributed by atoms with E-state index in [0.29, 0.717) is 6.04 Å². The van der Waals surface area contributed by atoms with Crippen LogP contribution in [0.5, 0.6) is 0 Å². The van der Waals surface area contributed by atoms with Crippen molar-refractivity contribution in [2.24, 2.45) is 0 Å². The Morgan fingerprint density at radius 3 is 3.00 bits per heavy atom. The van der Waals surface area contributed by atoms with E-state index in [2.05, 4.69) is 27.0 Å². The van der Waals surface area contributed by atoms with Gasteiger partial charge in [0.2, 0.25) is 0 Å². The molecular weight excluding hydrogens is 164 g/mol. The summed E-state index contributed by atoms with van der Waals surface area (Å²) >= 11 is 0. The Labute approximate surface area is 78.4 Å². The van der Waals surface area contributed by atoms with Crippen molar-refractivity contribution in [2.75, 3.05) is 13.1 Å². The van der Waals surface area contributed by atoms with E-state index >= 15 is 0 Å². The average Bonchev–Trinajstić information content (AvgIpc) is 2.72. The van der Waals surface area contributed by atoms with Gasteiger partial charge < -0.3 is 9.88 Å². The molecule has 1 atom stereocenters. The van der Waals surface area contributed by atoms with Gasteiger partial charge in [-0.05, 0) is 19.9 Å². The molecule has 1 unspecified atom stereocenters. The first kappa shape index (κ1) is 8.69. The molecule has 1 fully saturated rings. The Balaban J connectivity index is 2.30. The minimum absolute atomic E-state index is 0.574. The quantitative estimate of drug-likeness (QED) is 0.728. The van der Waals surface area contributed by atoms with Crippen LogP contribution >= 0.6 is 0 Å². The summed E-state index contributed by atoms with van der Waals surface area (Å²) in [6.45, 7) is 6.34. The second-order valence-electron chi connectivity index (χ2n) is 3.53. The molecule has 1 saturated heterocycles. The molecule has 72 valence electrons. The van der Waals surface area contributed by atoms with E-state index in [1.807, 2.05) is 6.92 Å². The van der Waals surface area contributed by atoms with Crippen LogP contribution in [0.3, 0.4) is 0 Å². The number of hydrogen-bond acceptors (Lipinski definition) is 3. The van der Waals surface area contributed by atoms with Crippen LogP contribution in [-0.4, -0.2) is 27.9 Å². The molecule has 0 spiro atoms. The predicted octanol–water partition coefficient (Wildman–Crippen LogP) is 0.683. The maximum atomic E-state index is 4.16. The number of nitrogens with one attached hydrogen (secondary N) is 1. The Kier molecular flexibility index (Phi) is 2.31. The minimum Gasteiger partial charge on any atom is -0.315 e. The molecule has 0 saturated carbocycles. The highest BCUT2D eigenvalue weighted by Gasteiger charge is 2.20. The molecule has 1 aliphatic heterocycles. The smallest absolute Gasteiger partial charge is 0.133 e. The van der Waals surface area contributed by atoms with Gasteiger partial charge in [0.05, 0.1) is 6.04 Å². The fourth-order valence-corrected chi connectivity index (χ4v) is 1.99. The number of nitrogens with zero attached hydrogens (tertiary/aromatic N) is 3. The van der Waals surface area contributed by atoms with Crippen molar-refractivity contribution in [3.05, 3.63) is 11.6 Å². The number of aromatic nitrogens is 3. The summed E-state index contributed by atoms with van der Waals surface area (Å²) < 4.78 is 2.28. The fourth-order valence-electron chi connectivity index (χ4n) is 1.99. The van der Waals surface area contributed by atoms with Gasteiger partial charge in [0.1, 0.15) is 11.6 Å². The van der Waals surface area contributed by atoms with Crippen molar-refractivity contribution >= 4 is 0 Å². The largest absolute Gasteiger partial charge is 0.315 e. The lowest BCUT2D eigenvalue weighted by Crippen LogP contribution is -2.16. The molecule has 0 radical (unpaired) electrons. The van der Waals surface area contributed by atoms with Crippen LogP contribution < -0.4 is 5.32 Å². The lowest BCUT2D eigenvalue weighted by molar-refractivity contribution is 0.513. The molecule has 2 heterocycles. The summed E-state index contributed by atoms with van der Waals surface area (Å²) in [4.78, 5) is 0. The van der Waals surface area contributed by atoms with E-state index in [4.69, 9.17) is 0 Å². The van der Waals surface area contributed by atoms with Crippen molar-refractivity contribution in [2.45, 2.75) is 32.7 Å². The standard InChI is InChI=1S/C9H16N4/c1-3-9-12-11-7(2)13(9)8-4-5-10-6-8/h8,10H,3-6H2,1-2H3. The monoisotopic (exact) mass is 180 g/mol. The van der Waals surface area contributed by atoms with Gasteiger partial charge in [-0.2, -0.15) is 0 Å². The first-order valence-corrected chi connectivity index (χ1v) is 4.94. The van der Waals surface area contributed by atoms with Gasteiger partial charge in [-0.25, -0.2) is 0 Å².